The fourth-order valence-electron chi connectivity index (χ4n) is 3.51. The lowest BCUT2D eigenvalue weighted by molar-refractivity contribution is 0.212. The van der Waals surface area contributed by atoms with E-state index < -0.39 is 8.80 Å². The zero-order chi connectivity index (χ0) is 14.8. The molecule has 1 heterocycles. The molecule has 2 heteroatoms. The Morgan fingerprint density at radius 3 is 2.00 bits per heavy atom. The molecule has 0 bridgehead atoms. The molecule has 1 fully saturated rings. The second-order valence-corrected chi connectivity index (χ2v) is 9.74. The van der Waals surface area contributed by atoms with Crippen LogP contribution in [0.1, 0.15) is 72.6 Å². The van der Waals surface area contributed by atoms with Crippen LogP contribution in [0.2, 0.25) is 12.1 Å². The van der Waals surface area contributed by atoms with Crippen molar-refractivity contribution in [3.05, 3.63) is 11.3 Å². The van der Waals surface area contributed by atoms with Gasteiger partial charge in [-0.25, -0.2) is 0 Å². The zero-order valence-electron chi connectivity index (χ0n) is 14.5. The van der Waals surface area contributed by atoms with E-state index in [1.807, 2.05) is 0 Å². The van der Waals surface area contributed by atoms with Crippen LogP contribution in [-0.2, 0) is 0 Å². The van der Waals surface area contributed by atoms with Gasteiger partial charge in [0.05, 0.1) is 8.80 Å². The summed E-state index contributed by atoms with van der Waals surface area (Å²) < 4.78 is 0. The summed E-state index contributed by atoms with van der Waals surface area (Å²) in [6.45, 7) is 12.2. The molecule has 1 saturated heterocycles. The highest BCUT2D eigenvalue weighted by atomic mass is 28.3. The van der Waals surface area contributed by atoms with Crippen molar-refractivity contribution in [2.24, 2.45) is 0 Å². The molecule has 1 aliphatic rings. The SMILES string of the molecule is CCC[SiH](C=C(C)C(C)N1CCCCCCC1)CCC. The van der Waals surface area contributed by atoms with E-state index in [-0.39, 0.29) is 0 Å². The van der Waals surface area contributed by atoms with E-state index in [9.17, 15) is 0 Å². The minimum Gasteiger partial charge on any atom is -0.297 e. The first-order chi connectivity index (χ1) is 9.69. The third-order valence-corrected chi connectivity index (χ3v) is 8.55. The second kappa shape index (κ2) is 10.6. The van der Waals surface area contributed by atoms with Crippen LogP contribution < -0.4 is 0 Å². The zero-order valence-corrected chi connectivity index (χ0v) is 15.6. The summed E-state index contributed by atoms with van der Waals surface area (Å²) in [5, 5.41) is 0. The first-order valence-electron chi connectivity index (χ1n) is 9.11. The van der Waals surface area contributed by atoms with Crippen molar-refractivity contribution >= 4 is 8.80 Å². The summed E-state index contributed by atoms with van der Waals surface area (Å²) in [5.41, 5.74) is 4.40. The Balaban J connectivity index is 2.58. The minimum atomic E-state index is -0.611. The van der Waals surface area contributed by atoms with Gasteiger partial charge in [-0.2, -0.15) is 0 Å². The monoisotopic (exact) mass is 295 g/mol. The highest BCUT2D eigenvalue weighted by molar-refractivity contribution is 6.64. The summed E-state index contributed by atoms with van der Waals surface area (Å²) in [7, 11) is -0.611. The number of hydrogen-bond acceptors (Lipinski definition) is 1. The molecule has 0 amide bonds. The fourth-order valence-corrected chi connectivity index (χ4v) is 6.64. The highest BCUT2D eigenvalue weighted by Gasteiger charge is 2.17. The predicted octanol–water partition coefficient (Wildman–Crippen LogP) is 5.17. The van der Waals surface area contributed by atoms with Crippen molar-refractivity contribution in [1.29, 1.82) is 0 Å². The molecule has 1 unspecified atom stereocenters. The lowest BCUT2D eigenvalue weighted by atomic mass is 10.0. The normalized spacial score (nSPS) is 20.8. The molecule has 20 heavy (non-hydrogen) atoms. The molecule has 0 spiro atoms. The van der Waals surface area contributed by atoms with Crippen LogP contribution in [0.3, 0.4) is 0 Å². The maximum Gasteiger partial charge on any atom is 0.0615 e. The van der Waals surface area contributed by atoms with Crippen molar-refractivity contribution in [1.82, 2.24) is 4.90 Å². The molecular weight excluding hydrogens is 258 g/mol. The smallest absolute Gasteiger partial charge is 0.0615 e. The van der Waals surface area contributed by atoms with Crippen LogP contribution in [0.5, 0.6) is 0 Å². The first-order valence-corrected chi connectivity index (χ1v) is 11.4. The van der Waals surface area contributed by atoms with Crippen molar-refractivity contribution in [3.63, 3.8) is 0 Å². The standard InChI is InChI=1S/C18H37NSi/c1-5-14-20(15-6-2)16-17(3)18(4)19-12-10-8-7-9-11-13-19/h16,18,20H,5-15H2,1-4H3. The summed E-state index contributed by atoms with van der Waals surface area (Å²) in [6.07, 6.45) is 9.89. The highest BCUT2D eigenvalue weighted by Crippen LogP contribution is 2.18. The van der Waals surface area contributed by atoms with Gasteiger partial charge >= 0.3 is 0 Å². The maximum atomic E-state index is 2.74. The van der Waals surface area contributed by atoms with Crippen LogP contribution in [0, 0.1) is 0 Å². The molecule has 118 valence electrons. The van der Waals surface area contributed by atoms with Crippen molar-refractivity contribution in [2.45, 2.75) is 90.8 Å². The van der Waals surface area contributed by atoms with E-state index in [1.165, 1.54) is 70.1 Å². The Hall–Kier alpha value is -0.0831. The summed E-state index contributed by atoms with van der Waals surface area (Å²) in [4.78, 5) is 2.74. The molecule has 0 aliphatic carbocycles. The fraction of sp³-hybridized carbons (Fsp3) is 0.889. The molecule has 0 aromatic rings. The first kappa shape index (κ1) is 18.0. The van der Waals surface area contributed by atoms with Gasteiger partial charge in [0.15, 0.2) is 0 Å². The van der Waals surface area contributed by atoms with Crippen molar-refractivity contribution < 1.29 is 0 Å². The molecule has 1 nitrogen and oxygen atoms in total. The molecule has 0 radical (unpaired) electrons. The van der Waals surface area contributed by atoms with Crippen LogP contribution in [0.4, 0.5) is 0 Å². The quantitative estimate of drug-likeness (QED) is 0.585. The summed E-state index contributed by atoms with van der Waals surface area (Å²) in [6, 6.07) is 3.67. The van der Waals surface area contributed by atoms with Gasteiger partial charge in [-0.05, 0) is 39.8 Å². The number of rotatable bonds is 7. The Morgan fingerprint density at radius 1 is 1.00 bits per heavy atom. The second-order valence-electron chi connectivity index (χ2n) is 6.73. The van der Waals surface area contributed by atoms with Gasteiger partial charge in [0, 0.05) is 6.04 Å². The van der Waals surface area contributed by atoms with E-state index in [4.69, 9.17) is 0 Å². The van der Waals surface area contributed by atoms with Gasteiger partial charge in [-0.1, -0.05) is 69.3 Å². The van der Waals surface area contributed by atoms with Gasteiger partial charge in [0.25, 0.3) is 0 Å². The van der Waals surface area contributed by atoms with Gasteiger partial charge in [0.1, 0.15) is 0 Å². The van der Waals surface area contributed by atoms with E-state index >= 15 is 0 Å². The van der Waals surface area contributed by atoms with Crippen LogP contribution in [0.15, 0.2) is 11.3 Å². The average molecular weight is 296 g/mol. The number of likely N-dealkylation sites (tertiary alicyclic amines) is 1. The third kappa shape index (κ3) is 6.58. The van der Waals surface area contributed by atoms with Gasteiger partial charge < -0.3 is 0 Å². The molecule has 0 aromatic carbocycles. The average Bonchev–Trinajstić information content (AvgIpc) is 2.38. The third-order valence-electron chi connectivity index (χ3n) is 4.91. The molecule has 1 aliphatic heterocycles. The lowest BCUT2D eigenvalue weighted by Crippen LogP contribution is -2.36. The van der Waals surface area contributed by atoms with Crippen LogP contribution in [-0.4, -0.2) is 32.8 Å². The predicted molar refractivity (Wildman–Crippen MR) is 95.2 cm³/mol. The Bertz CT molecular complexity index is 261. The number of nitrogens with zero attached hydrogens (tertiary/aromatic N) is 1. The largest absolute Gasteiger partial charge is 0.297 e. The van der Waals surface area contributed by atoms with E-state index in [2.05, 4.69) is 38.3 Å². The van der Waals surface area contributed by atoms with Crippen molar-refractivity contribution in [3.8, 4) is 0 Å². The van der Waals surface area contributed by atoms with Gasteiger partial charge in [-0.15, -0.1) is 0 Å². The van der Waals surface area contributed by atoms with Crippen LogP contribution >= 0.6 is 0 Å². The van der Waals surface area contributed by atoms with Gasteiger partial charge in [-0.3, -0.25) is 4.90 Å². The van der Waals surface area contributed by atoms with Crippen LogP contribution in [0.25, 0.3) is 0 Å². The minimum absolute atomic E-state index is 0.611. The van der Waals surface area contributed by atoms with Gasteiger partial charge in [0.2, 0.25) is 0 Å². The lowest BCUT2D eigenvalue weighted by Gasteiger charge is -2.32. The van der Waals surface area contributed by atoms with E-state index in [0.29, 0.717) is 6.04 Å². The molecule has 0 N–H and O–H groups in total. The molecule has 1 rings (SSSR count). The molecule has 1 atom stereocenters. The topological polar surface area (TPSA) is 3.24 Å². The molecule has 0 aromatic heterocycles. The molecular formula is C18H37NSi. The Labute approximate surface area is 129 Å². The van der Waals surface area contributed by atoms with Crippen molar-refractivity contribution in [2.75, 3.05) is 13.1 Å². The summed E-state index contributed by atoms with van der Waals surface area (Å²) >= 11 is 0. The Morgan fingerprint density at radius 2 is 1.50 bits per heavy atom. The Kier molecular flexibility index (Phi) is 9.54. The maximum absolute atomic E-state index is 2.74. The molecule has 0 saturated carbocycles. The van der Waals surface area contributed by atoms with E-state index in [0.717, 1.165) is 0 Å². The van der Waals surface area contributed by atoms with E-state index in [1.54, 1.807) is 5.57 Å². The summed E-state index contributed by atoms with van der Waals surface area (Å²) in [5.74, 6) is 0. The number of hydrogen-bond donors (Lipinski definition) is 0.